The zero-order valence-electron chi connectivity index (χ0n) is 13.4. The van der Waals surface area contributed by atoms with Crippen molar-refractivity contribution < 1.29 is 0 Å². The van der Waals surface area contributed by atoms with Crippen molar-refractivity contribution in [2.45, 2.75) is 59.3 Å². The van der Waals surface area contributed by atoms with Crippen LogP contribution in [-0.4, -0.2) is 37.6 Å². The van der Waals surface area contributed by atoms with Crippen molar-refractivity contribution in [3.63, 3.8) is 0 Å². The lowest BCUT2D eigenvalue weighted by Gasteiger charge is -2.36. The second kappa shape index (κ2) is 7.08. The zero-order chi connectivity index (χ0) is 13.7. The first-order chi connectivity index (χ1) is 9.03. The summed E-state index contributed by atoms with van der Waals surface area (Å²) in [7, 11) is 0. The van der Waals surface area contributed by atoms with E-state index in [4.69, 9.17) is 0 Å². The molecule has 2 fully saturated rings. The quantitative estimate of drug-likeness (QED) is 0.837. The molecule has 0 atom stereocenters. The third-order valence-corrected chi connectivity index (χ3v) is 4.98. The molecule has 0 radical (unpaired) electrons. The van der Waals surface area contributed by atoms with Crippen LogP contribution in [0, 0.1) is 17.3 Å². The third kappa shape index (κ3) is 5.83. The summed E-state index contributed by atoms with van der Waals surface area (Å²) >= 11 is 0. The topological polar surface area (TPSA) is 15.3 Å². The first-order valence-corrected chi connectivity index (χ1v) is 8.46. The molecule has 112 valence electrons. The lowest BCUT2D eigenvalue weighted by molar-refractivity contribution is 0.138. The highest BCUT2D eigenvalue weighted by Gasteiger charge is 2.23. The Labute approximate surface area is 120 Å². The van der Waals surface area contributed by atoms with Crippen molar-refractivity contribution in [2.75, 3.05) is 32.7 Å². The molecule has 0 aromatic rings. The van der Waals surface area contributed by atoms with E-state index in [9.17, 15) is 0 Å². The fourth-order valence-electron chi connectivity index (χ4n) is 3.52. The molecule has 0 aromatic carbocycles. The number of piperidine rings is 2. The zero-order valence-corrected chi connectivity index (χ0v) is 13.4. The van der Waals surface area contributed by atoms with Gasteiger partial charge in [0.05, 0.1) is 0 Å². The van der Waals surface area contributed by atoms with Gasteiger partial charge in [-0.3, -0.25) is 0 Å². The van der Waals surface area contributed by atoms with E-state index in [-0.39, 0.29) is 0 Å². The van der Waals surface area contributed by atoms with Crippen LogP contribution in [0.25, 0.3) is 0 Å². The highest BCUT2D eigenvalue weighted by molar-refractivity contribution is 4.78. The Balaban J connectivity index is 1.62. The summed E-state index contributed by atoms with van der Waals surface area (Å²) in [5, 5.41) is 3.47. The van der Waals surface area contributed by atoms with Crippen LogP contribution >= 0.6 is 0 Å². The molecular weight excluding hydrogens is 232 g/mol. The molecule has 2 saturated heterocycles. The second-order valence-corrected chi connectivity index (χ2v) is 8.04. The van der Waals surface area contributed by atoms with Gasteiger partial charge in [-0.15, -0.1) is 0 Å². The normalized spacial score (nSPS) is 24.8. The van der Waals surface area contributed by atoms with Gasteiger partial charge >= 0.3 is 0 Å². The first-order valence-electron chi connectivity index (χ1n) is 8.46. The molecular formula is C17H34N2. The maximum atomic E-state index is 3.47. The van der Waals surface area contributed by atoms with E-state index in [1.165, 1.54) is 71.2 Å². The predicted molar refractivity (Wildman–Crippen MR) is 83.4 cm³/mol. The summed E-state index contributed by atoms with van der Waals surface area (Å²) in [6.07, 6.45) is 8.52. The minimum Gasteiger partial charge on any atom is -0.317 e. The summed E-state index contributed by atoms with van der Waals surface area (Å²) in [4.78, 5) is 2.74. The molecule has 2 aliphatic heterocycles. The van der Waals surface area contributed by atoms with Gasteiger partial charge in [0.15, 0.2) is 0 Å². The fraction of sp³-hybridized carbons (Fsp3) is 1.00. The second-order valence-electron chi connectivity index (χ2n) is 8.04. The third-order valence-electron chi connectivity index (χ3n) is 4.98. The van der Waals surface area contributed by atoms with Gasteiger partial charge in [0.25, 0.3) is 0 Å². The molecule has 0 aromatic heterocycles. The number of nitrogens with one attached hydrogen (secondary N) is 1. The molecule has 0 amide bonds. The minimum atomic E-state index is 0.520. The van der Waals surface area contributed by atoms with Gasteiger partial charge in [-0.25, -0.2) is 0 Å². The van der Waals surface area contributed by atoms with Gasteiger partial charge in [-0.2, -0.15) is 0 Å². The molecule has 2 heterocycles. The highest BCUT2D eigenvalue weighted by atomic mass is 15.1. The Morgan fingerprint density at radius 3 is 2.16 bits per heavy atom. The van der Waals surface area contributed by atoms with Crippen LogP contribution in [0.4, 0.5) is 0 Å². The molecule has 1 N–H and O–H groups in total. The molecule has 19 heavy (non-hydrogen) atoms. The van der Waals surface area contributed by atoms with E-state index < -0.39 is 0 Å². The SMILES string of the molecule is CC(C)(C)CCC1CCN(CC2CCNCC2)CC1. The molecule has 2 nitrogen and oxygen atoms in total. The Bertz CT molecular complexity index is 242. The van der Waals surface area contributed by atoms with Crippen LogP contribution in [0.1, 0.15) is 59.3 Å². The lowest BCUT2D eigenvalue weighted by Crippen LogP contribution is -2.40. The Kier molecular flexibility index (Phi) is 5.70. The number of likely N-dealkylation sites (tertiary alicyclic amines) is 1. The fourth-order valence-corrected chi connectivity index (χ4v) is 3.52. The first kappa shape index (κ1) is 15.3. The summed E-state index contributed by atoms with van der Waals surface area (Å²) in [6, 6.07) is 0. The highest BCUT2D eigenvalue weighted by Crippen LogP contribution is 2.29. The van der Waals surface area contributed by atoms with Crippen molar-refractivity contribution in [1.29, 1.82) is 0 Å². The summed E-state index contributed by atoms with van der Waals surface area (Å²) in [6.45, 7) is 13.7. The van der Waals surface area contributed by atoms with Gasteiger partial charge in [-0.05, 0) is 82.0 Å². The summed E-state index contributed by atoms with van der Waals surface area (Å²) < 4.78 is 0. The average molecular weight is 266 g/mol. The van der Waals surface area contributed by atoms with E-state index in [0.717, 1.165) is 11.8 Å². The molecule has 2 heteroatoms. The van der Waals surface area contributed by atoms with Crippen molar-refractivity contribution in [2.24, 2.45) is 17.3 Å². The Morgan fingerprint density at radius 1 is 0.947 bits per heavy atom. The maximum absolute atomic E-state index is 3.47. The van der Waals surface area contributed by atoms with Crippen LogP contribution in [0.15, 0.2) is 0 Å². The maximum Gasteiger partial charge on any atom is 0.00106 e. The van der Waals surface area contributed by atoms with Crippen LogP contribution in [0.5, 0.6) is 0 Å². The predicted octanol–water partition coefficient (Wildman–Crippen LogP) is 3.52. The summed E-state index contributed by atoms with van der Waals surface area (Å²) in [5.74, 6) is 1.97. The molecule has 0 unspecified atom stereocenters. The van der Waals surface area contributed by atoms with Gasteiger partial charge in [0, 0.05) is 6.54 Å². The van der Waals surface area contributed by atoms with Crippen LogP contribution in [0.2, 0.25) is 0 Å². The van der Waals surface area contributed by atoms with Crippen LogP contribution in [-0.2, 0) is 0 Å². The number of rotatable bonds is 4. The minimum absolute atomic E-state index is 0.520. The molecule has 0 saturated carbocycles. The Hall–Kier alpha value is -0.0800. The molecule has 2 aliphatic rings. The standard InChI is InChI=1S/C17H34N2/c1-17(2,3)9-4-15-7-12-19(13-8-15)14-16-5-10-18-11-6-16/h15-16,18H,4-14H2,1-3H3. The van der Waals surface area contributed by atoms with Crippen molar-refractivity contribution in [3.8, 4) is 0 Å². The molecule has 0 bridgehead atoms. The van der Waals surface area contributed by atoms with E-state index >= 15 is 0 Å². The van der Waals surface area contributed by atoms with Crippen LogP contribution in [0.3, 0.4) is 0 Å². The van der Waals surface area contributed by atoms with Gasteiger partial charge in [-0.1, -0.05) is 20.8 Å². The molecule has 2 rings (SSSR count). The van der Waals surface area contributed by atoms with Crippen molar-refractivity contribution >= 4 is 0 Å². The van der Waals surface area contributed by atoms with Crippen molar-refractivity contribution in [1.82, 2.24) is 10.2 Å². The summed E-state index contributed by atoms with van der Waals surface area (Å²) in [5.41, 5.74) is 0.520. The largest absolute Gasteiger partial charge is 0.317 e. The van der Waals surface area contributed by atoms with Gasteiger partial charge in [0.1, 0.15) is 0 Å². The van der Waals surface area contributed by atoms with Gasteiger partial charge < -0.3 is 10.2 Å². The lowest BCUT2D eigenvalue weighted by atomic mass is 9.83. The number of hydrogen-bond donors (Lipinski definition) is 1. The molecule has 0 spiro atoms. The van der Waals surface area contributed by atoms with Crippen molar-refractivity contribution in [3.05, 3.63) is 0 Å². The number of hydrogen-bond acceptors (Lipinski definition) is 2. The van der Waals surface area contributed by atoms with E-state index in [2.05, 4.69) is 31.0 Å². The molecule has 0 aliphatic carbocycles. The average Bonchev–Trinajstić information content (AvgIpc) is 2.38. The number of nitrogens with zero attached hydrogens (tertiary/aromatic N) is 1. The smallest absolute Gasteiger partial charge is 0.00106 e. The van der Waals surface area contributed by atoms with E-state index in [1.54, 1.807) is 0 Å². The van der Waals surface area contributed by atoms with E-state index in [1.807, 2.05) is 0 Å². The Morgan fingerprint density at radius 2 is 1.58 bits per heavy atom. The monoisotopic (exact) mass is 266 g/mol. The van der Waals surface area contributed by atoms with Gasteiger partial charge in [0.2, 0.25) is 0 Å². The van der Waals surface area contributed by atoms with Crippen LogP contribution < -0.4 is 5.32 Å². The van der Waals surface area contributed by atoms with E-state index in [0.29, 0.717) is 5.41 Å².